The summed E-state index contributed by atoms with van der Waals surface area (Å²) in [5.41, 5.74) is 2.31. The summed E-state index contributed by atoms with van der Waals surface area (Å²) >= 11 is 0. The molecule has 0 aromatic carbocycles. The highest BCUT2D eigenvalue weighted by molar-refractivity contribution is 5.22. The van der Waals surface area contributed by atoms with Gasteiger partial charge in [-0.3, -0.25) is 4.68 Å². The molecule has 0 spiro atoms. The minimum absolute atomic E-state index is 0.159. The maximum atomic E-state index is 4.21. The van der Waals surface area contributed by atoms with E-state index in [1.54, 1.807) is 0 Å². The third kappa shape index (κ3) is 1.99. The number of nitrogens with one attached hydrogen (secondary N) is 1. The molecule has 2 rings (SSSR count). The van der Waals surface area contributed by atoms with Crippen LogP contribution in [-0.4, -0.2) is 25.9 Å². The Bertz CT molecular complexity index is 456. The van der Waals surface area contributed by atoms with E-state index in [0.717, 1.165) is 17.8 Å². The van der Waals surface area contributed by atoms with Crippen LogP contribution in [0.1, 0.15) is 24.2 Å². The molecule has 0 radical (unpaired) electrons. The van der Waals surface area contributed by atoms with Crippen molar-refractivity contribution in [1.29, 1.82) is 0 Å². The number of aromatic nitrogens is 4. The highest BCUT2D eigenvalue weighted by Crippen LogP contribution is 2.20. The van der Waals surface area contributed by atoms with Crippen LogP contribution in [0.4, 0.5) is 0 Å². The van der Waals surface area contributed by atoms with Crippen molar-refractivity contribution in [2.45, 2.75) is 13.0 Å². The molecule has 0 amide bonds. The first-order valence-corrected chi connectivity index (χ1v) is 5.40. The molecule has 2 aromatic heterocycles. The molecule has 2 heterocycles. The predicted octanol–water partition coefficient (Wildman–Crippen LogP) is 0.852. The third-order valence-corrected chi connectivity index (χ3v) is 2.62. The monoisotopic (exact) mass is 219 g/mol. The van der Waals surface area contributed by atoms with Crippen molar-refractivity contribution < 1.29 is 0 Å². The summed E-state index contributed by atoms with van der Waals surface area (Å²) < 4.78 is 3.84. The van der Waals surface area contributed by atoms with Crippen molar-refractivity contribution in [3.63, 3.8) is 0 Å². The lowest BCUT2D eigenvalue weighted by Gasteiger charge is -2.16. The average Bonchev–Trinajstić information content (AvgIpc) is 2.84. The largest absolute Gasteiger partial charge is 0.336 e. The Labute approximate surface area is 95.1 Å². The zero-order valence-electron chi connectivity index (χ0n) is 9.88. The Hall–Kier alpha value is -1.62. The SMILES string of the molecule is CCNC(c1cnn(C)c1)c1cncn1C. The van der Waals surface area contributed by atoms with E-state index in [-0.39, 0.29) is 6.04 Å². The van der Waals surface area contributed by atoms with E-state index in [9.17, 15) is 0 Å². The summed E-state index contributed by atoms with van der Waals surface area (Å²) in [5, 5.41) is 7.65. The van der Waals surface area contributed by atoms with Crippen molar-refractivity contribution in [3.05, 3.63) is 36.2 Å². The molecule has 0 aliphatic heterocycles. The highest BCUT2D eigenvalue weighted by Gasteiger charge is 2.17. The molecule has 16 heavy (non-hydrogen) atoms. The van der Waals surface area contributed by atoms with Gasteiger partial charge in [0.2, 0.25) is 0 Å². The lowest BCUT2D eigenvalue weighted by molar-refractivity contribution is 0.593. The van der Waals surface area contributed by atoms with Crippen molar-refractivity contribution >= 4 is 0 Å². The van der Waals surface area contributed by atoms with E-state index in [0.29, 0.717) is 0 Å². The summed E-state index contributed by atoms with van der Waals surface area (Å²) in [6.07, 6.45) is 7.62. The minimum atomic E-state index is 0.159. The summed E-state index contributed by atoms with van der Waals surface area (Å²) in [6.45, 7) is 3.00. The molecule has 1 N–H and O–H groups in total. The first kappa shape index (κ1) is 10.9. The normalized spacial score (nSPS) is 12.9. The summed E-state index contributed by atoms with van der Waals surface area (Å²) in [6, 6.07) is 0.159. The first-order valence-electron chi connectivity index (χ1n) is 5.40. The van der Waals surface area contributed by atoms with Gasteiger partial charge in [0.15, 0.2) is 0 Å². The zero-order valence-corrected chi connectivity index (χ0v) is 9.88. The van der Waals surface area contributed by atoms with Crippen LogP contribution in [-0.2, 0) is 14.1 Å². The first-order chi connectivity index (χ1) is 7.72. The molecule has 0 aliphatic rings. The number of rotatable bonds is 4. The fourth-order valence-electron chi connectivity index (χ4n) is 1.83. The summed E-state index contributed by atoms with van der Waals surface area (Å²) in [7, 11) is 3.93. The van der Waals surface area contributed by atoms with Gasteiger partial charge in [-0.15, -0.1) is 0 Å². The molecule has 5 nitrogen and oxygen atoms in total. The average molecular weight is 219 g/mol. The Kier molecular flexibility index (Phi) is 3.05. The van der Waals surface area contributed by atoms with Crippen LogP contribution >= 0.6 is 0 Å². The Balaban J connectivity index is 2.34. The van der Waals surface area contributed by atoms with Crippen molar-refractivity contribution in [3.8, 4) is 0 Å². The minimum Gasteiger partial charge on any atom is -0.336 e. The Morgan fingerprint density at radius 1 is 1.38 bits per heavy atom. The molecule has 0 fully saturated rings. The molecule has 0 aliphatic carbocycles. The molecular weight excluding hydrogens is 202 g/mol. The molecule has 5 heteroatoms. The van der Waals surface area contributed by atoms with Gasteiger partial charge in [-0.2, -0.15) is 5.10 Å². The third-order valence-electron chi connectivity index (χ3n) is 2.62. The van der Waals surface area contributed by atoms with Crippen molar-refractivity contribution in [1.82, 2.24) is 24.6 Å². The van der Waals surface area contributed by atoms with Gasteiger partial charge >= 0.3 is 0 Å². The molecule has 2 aromatic rings. The molecule has 0 bridgehead atoms. The smallest absolute Gasteiger partial charge is 0.0946 e. The van der Waals surface area contributed by atoms with Crippen LogP contribution in [0.2, 0.25) is 0 Å². The molecule has 86 valence electrons. The fraction of sp³-hybridized carbons (Fsp3) is 0.455. The number of aryl methyl sites for hydroxylation is 2. The van der Waals surface area contributed by atoms with Gasteiger partial charge in [0.1, 0.15) is 0 Å². The van der Waals surface area contributed by atoms with Gasteiger partial charge in [-0.1, -0.05) is 6.92 Å². The quantitative estimate of drug-likeness (QED) is 0.829. The second-order valence-electron chi connectivity index (χ2n) is 3.87. The number of nitrogens with zero attached hydrogens (tertiary/aromatic N) is 4. The van der Waals surface area contributed by atoms with Gasteiger partial charge < -0.3 is 9.88 Å². The van der Waals surface area contributed by atoms with Crippen LogP contribution in [0.15, 0.2) is 24.9 Å². The topological polar surface area (TPSA) is 47.7 Å². The number of hydrogen-bond acceptors (Lipinski definition) is 3. The van der Waals surface area contributed by atoms with Gasteiger partial charge in [0, 0.05) is 25.9 Å². The highest BCUT2D eigenvalue weighted by atomic mass is 15.2. The Morgan fingerprint density at radius 2 is 2.19 bits per heavy atom. The lowest BCUT2D eigenvalue weighted by atomic mass is 10.1. The van der Waals surface area contributed by atoms with Crippen LogP contribution in [0.5, 0.6) is 0 Å². The predicted molar refractivity (Wildman–Crippen MR) is 61.9 cm³/mol. The Morgan fingerprint density at radius 3 is 2.69 bits per heavy atom. The number of hydrogen-bond donors (Lipinski definition) is 1. The molecule has 0 saturated heterocycles. The fourth-order valence-corrected chi connectivity index (χ4v) is 1.83. The van der Waals surface area contributed by atoms with E-state index in [1.165, 1.54) is 0 Å². The van der Waals surface area contributed by atoms with Crippen LogP contribution in [0.25, 0.3) is 0 Å². The molecular formula is C11H17N5. The van der Waals surface area contributed by atoms with Crippen LogP contribution < -0.4 is 5.32 Å². The van der Waals surface area contributed by atoms with Crippen LogP contribution in [0.3, 0.4) is 0 Å². The zero-order chi connectivity index (χ0) is 11.5. The van der Waals surface area contributed by atoms with Gasteiger partial charge in [0.25, 0.3) is 0 Å². The van der Waals surface area contributed by atoms with E-state index < -0.39 is 0 Å². The summed E-state index contributed by atoms with van der Waals surface area (Å²) in [5.74, 6) is 0. The van der Waals surface area contributed by atoms with E-state index in [4.69, 9.17) is 0 Å². The van der Waals surface area contributed by atoms with Gasteiger partial charge in [0.05, 0.1) is 30.5 Å². The van der Waals surface area contributed by atoms with Crippen LogP contribution in [0, 0.1) is 0 Å². The summed E-state index contributed by atoms with van der Waals surface area (Å²) in [4.78, 5) is 4.15. The molecule has 1 unspecified atom stereocenters. The van der Waals surface area contributed by atoms with Crippen molar-refractivity contribution in [2.75, 3.05) is 6.54 Å². The van der Waals surface area contributed by atoms with Crippen molar-refractivity contribution in [2.24, 2.45) is 14.1 Å². The maximum Gasteiger partial charge on any atom is 0.0946 e. The maximum absolute atomic E-state index is 4.21. The van der Waals surface area contributed by atoms with E-state index in [1.807, 2.05) is 48.3 Å². The molecule has 1 atom stereocenters. The second kappa shape index (κ2) is 4.49. The van der Waals surface area contributed by atoms with Gasteiger partial charge in [-0.05, 0) is 6.54 Å². The lowest BCUT2D eigenvalue weighted by Crippen LogP contribution is -2.23. The van der Waals surface area contributed by atoms with E-state index in [2.05, 4.69) is 22.3 Å². The van der Waals surface area contributed by atoms with E-state index >= 15 is 0 Å². The molecule has 0 saturated carbocycles. The number of imidazole rings is 1. The second-order valence-corrected chi connectivity index (χ2v) is 3.87. The van der Waals surface area contributed by atoms with Gasteiger partial charge in [-0.25, -0.2) is 4.98 Å². The standard InChI is InChI=1S/C11H17N5/c1-4-13-11(9-5-14-16(3)7-9)10-6-12-8-15(10)2/h5-8,11,13H,4H2,1-3H3.